The topological polar surface area (TPSA) is 9.23 Å². The molecule has 1 nitrogen and oxygen atoms in total. The van der Waals surface area contributed by atoms with Gasteiger partial charge in [0.05, 0.1) is 6.33 Å². The SMILES string of the molecule is Br.FC=CCOC=CF. The molecule has 0 aliphatic heterocycles. The van der Waals surface area contributed by atoms with E-state index in [9.17, 15) is 8.78 Å². The summed E-state index contributed by atoms with van der Waals surface area (Å²) in [5.74, 6) is 0. The van der Waals surface area contributed by atoms with E-state index >= 15 is 0 Å². The van der Waals surface area contributed by atoms with E-state index < -0.39 is 0 Å². The quantitative estimate of drug-likeness (QED) is 0.503. The van der Waals surface area contributed by atoms with Crippen molar-refractivity contribution in [2.45, 2.75) is 0 Å². The van der Waals surface area contributed by atoms with Gasteiger partial charge in [-0.3, -0.25) is 0 Å². The minimum atomic E-state index is 0. The van der Waals surface area contributed by atoms with E-state index in [4.69, 9.17) is 0 Å². The summed E-state index contributed by atoms with van der Waals surface area (Å²) in [6, 6.07) is 0. The highest BCUT2D eigenvalue weighted by atomic mass is 79.9. The van der Waals surface area contributed by atoms with Crippen molar-refractivity contribution < 1.29 is 13.5 Å². The fourth-order valence-corrected chi connectivity index (χ4v) is 0.184. The van der Waals surface area contributed by atoms with Gasteiger partial charge in [-0.1, -0.05) is 0 Å². The highest BCUT2D eigenvalue weighted by Gasteiger charge is 1.70. The smallest absolute Gasteiger partial charge is 0.121 e. The van der Waals surface area contributed by atoms with E-state index in [1.54, 1.807) is 0 Å². The number of rotatable bonds is 3. The van der Waals surface area contributed by atoms with Crippen LogP contribution in [0.3, 0.4) is 0 Å². The molecule has 0 atom stereocenters. The number of ether oxygens (including phenoxy) is 1. The normalized spacial score (nSPS) is 10.0. The lowest BCUT2D eigenvalue weighted by Crippen LogP contribution is -1.77. The molecule has 0 amide bonds. The lowest BCUT2D eigenvalue weighted by molar-refractivity contribution is 0.282. The van der Waals surface area contributed by atoms with Crippen LogP contribution in [0.15, 0.2) is 25.0 Å². The van der Waals surface area contributed by atoms with Crippen LogP contribution < -0.4 is 0 Å². The highest BCUT2D eigenvalue weighted by Crippen LogP contribution is 1.79. The molecule has 54 valence electrons. The first kappa shape index (κ1) is 11.4. The van der Waals surface area contributed by atoms with Crippen LogP contribution in [0, 0.1) is 0 Å². The second-order valence-corrected chi connectivity index (χ2v) is 0.957. The molecule has 0 heterocycles. The summed E-state index contributed by atoms with van der Waals surface area (Å²) in [4.78, 5) is 0. The monoisotopic (exact) mass is 200 g/mol. The first-order valence-corrected chi connectivity index (χ1v) is 2.04. The van der Waals surface area contributed by atoms with E-state index in [-0.39, 0.29) is 29.9 Å². The molecule has 0 N–H and O–H groups in total. The molecular weight excluding hydrogens is 194 g/mol. The van der Waals surface area contributed by atoms with Gasteiger partial charge in [-0.25, -0.2) is 8.78 Å². The predicted octanol–water partition coefficient (Wildman–Crippen LogP) is 2.50. The Bertz CT molecular complexity index is 81.0. The van der Waals surface area contributed by atoms with Crippen molar-refractivity contribution >= 4 is 17.0 Å². The Balaban J connectivity index is 0. The number of halogens is 3. The van der Waals surface area contributed by atoms with Crippen molar-refractivity contribution in [2.24, 2.45) is 0 Å². The third-order valence-electron chi connectivity index (χ3n) is 0.429. The molecule has 0 saturated heterocycles. The Morgan fingerprint density at radius 1 is 1.22 bits per heavy atom. The predicted molar refractivity (Wildman–Crippen MR) is 36.8 cm³/mol. The first-order chi connectivity index (χ1) is 3.91. The van der Waals surface area contributed by atoms with Gasteiger partial charge in [-0.2, -0.15) is 0 Å². The lowest BCUT2D eigenvalue weighted by atomic mass is 10.7. The zero-order chi connectivity index (χ0) is 6.24. The van der Waals surface area contributed by atoms with E-state index in [1.807, 2.05) is 0 Å². The third kappa shape index (κ3) is 11.3. The largest absolute Gasteiger partial charge is 0.495 e. The molecule has 0 rings (SSSR count). The van der Waals surface area contributed by atoms with Crippen molar-refractivity contribution in [3.05, 3.63) is 25.0 Å². The Morgan fingerprint density at radius 2 is 1.89 bits per heavy atom. The molecular formula is C5H7BrF2O. The minimum Gasteiger partial charge on any atom is -0.495 e. The zero-order valence-electron chi connectivity index (χ0n) is 4.59. The van der Waals surface area contributed by atoms with Crippen LogP contribution in [0.5, 0.6) is 0 Å². The standard InChI is InChI=1S/C5H6F2O.BrH/c6-2-1-4-8-5-3-7;/h1-3,5H,4H2;1H. The van der Waals surface area contributed by atoms with Gasteiger partial charge in [0.25, 0.3) is 0 Å². The van der Waals surface area contributed by atoms with Crippen LogP contribution in [0.25, 0.3) is 0 Å². The van der Waals surface area contributed by atoms with Crippen molar-refractivity contribution in [1.82, 2.24) is 0 Å². The van der Waals surface area contributed by atoms with E-state index in [1.165, 1.54) is 0 Å². The van der Waals surface area contributed by atoms with Crippen LogP contribution >= 0.6 is 17.0 Å². The highest BCUT2D eigenvalue weighted by molar-refractivity contribution is 8.93. The van der Waals surface area contributed by atoms with Gasteiger partial charge in [0.15, 0.2) is 0 Å². The maximum atomic E-state index is 11.0. The Labute approximate surface area is 62.8 Å². The minimum absolute atomic E-state index is 0. The molecule has 0 aromatic rings. The van der Waals surface area contributed by atoms with Crippen LogP contribution in [-0.2, 0) is 4.74 Å². The lowest BCUT2D eigenvalue weighted by Gasteiger charge is -1.87. The summed E-state index contributed by atoms with van der Waals surface area (Å²) in [6.07, 6.45) is 2.55. The molecule has 0 saturated carbocycles. The van der Waals surface area contributed by atoms with Crippen molar-refractivity contribution in [3.8, 4) is 0 Å². The molecule has 0 bridgehead atoms. The average Bonchev–Trinajstić information content (AvgIpc) is 1.81. The van der Waals surface area contributed by atoms with Gasteiger partial charge in [-0.05, 0) is 6.08 Å². The first-order valence-electron chi connectivity index (χ1n) is 2.04. The fraction of sp³-hybridized carbons (Fsp3) is 0.200. The van der Waals surface area contributed by atoms with Gasteiger partial charge < -0.3 is 4.74 Å². The molecule has 0 aromatic carbocycles. The molecule has 0 fully saturated rings. The van der Waals surface area contributed by atoms with Crippen molar-refractivity contribution in [3.63, 3.8) is 0 Å². The zero-order valence-corrected chi connectivity index (χ0v) is 6.30. The van der Waals surface area contributed by atoms with Gasteiger partial charge in [-0.15, -0.1) is 17.0 Å². The summed E-state index contributed by atoms with van der Waals surface area (Å²) in [6.45, 7) is 0.0664. The van der Waals surface area contributed by atoms with Gasteiger partial charge in [0.1, 0.15) is 19.2 Å². The molecule has 4 heteroatoms. The van der Waals surface area contributed by atoms with Gasteiger partial charge in [0.2, 0.25) is 0 Å². The van der Waals surface area contributed by atoms with Gasteiger partial charge in [0, 0.05) is 0 Å². The summed E-state index contributed by atoms with van der Waals surface area (Å²) < 4.78 is 26.4. The van der Waals surface area contributed by atoms with Crippen molar-refractivity contribution in [1.29, 1.82) is 0 Å². The Hall–Kier alpha value is -0.380. The van der Waals surface area contributed by atoms with Crippen LogP contribution in [0.1, 0.15) is 0 Å². The number of hydrogen-bond acceptors (Lipinski definition) is 1. The third-order valence-corrected chi connectivity index (χ3v) is 0.429. The van der Waals surface area contributed by atoms with E-state index in [0.29, 0.717) is 6.33 Å². The molecule has 0 aliphatic carbocycles. The number of hydrogen-bond donors (Lipinski definition) is 0. The molecule has 0 unspecified atom stereocenters. The molecule has 0 spiro atoms. The van der Waals surface area contributed by atoms with E-state index in [0.717, 1.165) is 12.3 Å². The fourth-order valence-electron chi connectivity index (χ4n) is 0.184. The molecule has 0 aromatic heterocycles. The van der Waals surface area contributed by atoms with Crippen LogP contribution in [0.4, 0.5) is 8.78 Å². The van der Waals surface area contributed by atoms with Crippen molar-refractivity contribution in [2.75, 3.05) is 6.61 Å². The summed E-state index contributed by atoms with van der Waals surface area (Å²) in [5, 5.41) is 0. The molecule has 0 aliphatic rings. The van der Waals surface area contributed by atoms with Crippen LogP contribution in [-0.4, -0.2) is 6.61 Å². The van der Waals surface area contributed by atoms with Crippen LogP contribution in [0.2, 0.25) is 0 Å². The molecule has 0 radical (unpaired) electrons. The summed E-state index contributed by atoms with van der Waals surface area (Å²) >= 11 is 0. The van der Waals surface area contributed by atoms with Gasteiger partial charge >= 0.3 is 0 Å². The van der Waals surface area contributed by atoms with E-state index in [2.05, 4.69) is 4.74 Å². The Kier molecular flexibility index (Phi) is 13.4. The average molecular weight is 201 g/mol. The maximum absolute atomic E-state index is 11.0. The Morgan fingerprint density at radius 3 is 2.33 bits per heavy atom. The molecule has 9 heavy (non-hydrogen) atoms. The summed E-state index contributed by atoms with van der Waals surface area (Å²) in [5.41, 5.74) is 0. The second-order valence-electron chi connectivity index (χ2n) is 0.957. The maximum Gasteiger partial charge on any atom is 0.121 e. The summed E-state index contributed by atoms with van der Waals surface area (Å²) in [7, 11) is 0. The second kappa shape index (κ2) is 10.6.